The summed E-state index contributed by atoms with van der Waals surface area (Å²) in [6.07, 6.45) is 0. The third-order valence-electron chi connectivity index (χ3n) is 14.6. The molecule has 328 valence electrons. The van der Waals surface area contributed by atoms with Crippen molar-refractivity contribution < 1.29 is 4.42 Å². The van der Waals surface area contributed by atoms with Gasteiger partial charge in [0.2, 0.25) is 0 Å². The second-order valence-electron chi connectivity index (χ2n) is 18.4. The van der Waals surface area contributed by atoms with Crippen molar-refractivity contribution in [1.82, 2.24) is 9.13 Å². The summed E-state index contributed by atoms with van der Waals surface area (Å²) in [5, 5.41) is 12.4. The Kier molecular flexibility index (Phi) is 9.23. The Balaban J connectivity index is 0.917. The number of hydrogen-bond donors (Lipinski definition) is 0. The van der Waals surface area contributed by atoms with Crippen LogP contribution in [0.3, 0.4) is 0 Å². The highest BCUT2D eigenvalue weighted by Crippen LogP contribution is 2.38. The van der Waals surface area contributed by atoms with Crippen molar-refractivity contribution >= 4 is 94.4 Å². The van der Waals surface area contributed by atoms with Crippen LogP contribution in [-0.2, 0) is 0 Å². The lowest BCUT2D eigenvalue weighted by molar-refractivity contribution is 0.671. The Morgan fingerprint density at radius 3 is 1.36 bits per heavy atom. The molecule has 0 unspecified atom stereocenters. The molecule has 0 N–H and O–H groups in total. The summed E-state index contributed by atoms with van der Waals surface area (Å²) in [7, 11) is -3.05. The molecule has 0 radical (unpaired) electrons. The number of fused-ring (bicyclic) bond motifs is 9. The number of aromatic nitrogens is 2. The molecule has 0 aliphatic rings. The van der Waals surface area contributed by atoms with Gasteiger partial charge in [-0.1, -0.05) is 200 Å². The molecule has 0 aliphatic heterocycles. The minimum absolute atomic E-state index is 0.906. The highest BCUT2D eigenvalue weighted by molar-refractivity contribution is 7.20. The zero-order chi connectivity index (χ0) is 46.2. The average molecular weight is 909 g/mol. The van der Waals surface area contributed by atoms with Gasteiger partial charge in [0.1, 0.15) is 11.2 Å². The van der Waals surface area contributed by atoms with Gasteiger partial charge in [0.15, 0.2) is 8.07 Å². The van der Waals surface area contributed by atoms with Gasteiger partial charge in [-0.2, -0.15) is 0 Å². The first-order chi connectivity index (χ1) is 34.7. The molecule has 11 aromatic carbocycles. The number of para-hydroxylation sites is 5. The molecule has 0 bridgehead atoms. The Labute approximate surface area is 406 Å². The summed E-state index contributed by atoms with van der Waals surface area (Å²) in [5.74, 6) is 0. The molecule has 70 heavy (non-hydrogen) atoms. The van der Waals surface area contributed by atoms with Crippen LogP contribution in [0.15, 0.2) is 271 Å². The lowest BCUT2D eigenvalue weighted by Crippen LogP contribution is -2.74. The van der Waals surface area contributed by atoms with E-state index in [1.807, 2.05) is 0 Å². The molecule has 0 saturated carbocycles. The summed E-state index contributed by atoms with van der Waals surface area (Å²) in [5.41, 5.74) is 13.6. The van der Waals surface area contributed by atoms with Gasteiger partial charge < -0.3 is 13.6 Å². The minimum Gasteiger partial charge on any atom is -0.456 e. The number of benzene rings is 11. The molecular weight excluding hydrogens is 865 g/mol. The number of hydrogen-bond acceptors (Lipinski definition) is 1. The Hall–Kier alpha value is -8.96. The van der Waals surface area contributed by atoms with E-state index in [0.29, 0.717) is 0 Å². The maximum absolute atomic E-state index is 6.93. The smallest absolute Gasteiger partial charge is 0.184 e. The largest absolute Gasteiger partial charge is 0.456 e. The molecule has 3 nitrogen and oxygen atoms in total. The fourth-order valence-corrected chi connectivity index (χ4v) is 16.5. The topological polar surface area (TPSA) is 23.0 Å². The van der Waals surface area contributed by atoms with Gasteiger partial charge in [0, 0.05) is 43.7 Å². The van der Waals surface area contributed by atoms with E-state index < -0.39 is 8.07 Å². The van der Waals surface area contributed by atoms with E-state index in [-0.39, 0.29) is 0 Å². The summed E-state index contributed by atoms with van der Waals surface area (Å²) in [6.45, 7) is 0. The molecule has 0 atom stereocenters. The van der Waals surface area contributed by atoms with Gasteiger partial charge in [-0.15, -0.1) is 0 Å². The molecule has 0 saturated heterocycles. The third-order valence-corrected chi connectivity index (χ3v) is 19.4. The molecule has 0 amide bonds. The van der Waals surface area contributed by atoms with E-state index >= 15 is 0 Å². The zero-order valence-corrected chi connectivity index (χ0v) is 39.2. The highest BCUT2D eigenvalue weighted by atomic mass is 28.3. The van der Waals surface area contributed by atoms with E-state index in [9.17, 15) is 0 Å². The zero-order valence-electron chi connectivity index (χ0n) is 38.2. The monoisotopic (exact) mass is 908 g/mol. The van der Waals surface area contributed by atoms with Crippen LogP contribution < -0.4 is 20.7 Å². The summed E-state index contributed by atoms with van der Waals surface area (Å²) in [6, 6.07) is 98.1. The van der Waals surface area contributed by atoms with Crippen molar-refractivity contribution in [2.24, 2.45) is 0 Å². The second-order valence-corrected chi connectivity index (χ2v) is 22.2. The summed E-state index contributed by atoms with van der Waals surface area (Å²) in [4.78, 5) is 0. The van der Waals surface area contributed by atoms with Crippen molar-refractivity contribution in [3.63, 3.8) is 0 Å². The maximum atomic E-state index is 6.93. The molecule has 3 aromatic heterocycles. The van der Waals surface area contributed by atoms with Gasteiger partial charge in [0.25, 0.3) is 0 Å². The summed E-state index contributed by atoms with van der Waals surface area (Å²) >= 11 is 0. The van der Waals surface area contributed by atoms with E-state index in [2.05, 4.69) is 276 Å². The van der Waals surface area contributed by atoms with Crippen LogP contribution in [-0.4, -0.2) is 17.2 Å². The van der Waals surface area contributed by atoms with Gasteiger partial charge in [-0.05, 0) is 110 Å². The number of nitrogens with zero attached hydrogens (tertiary/aromatic N) is 2. The predicted octanol–water partition coefficient (Wildman–Crippen LogP) is 14.5. The van der Waals surface area contributed by atoms with Crippen molar-refractivity contribution in [2.75, 3.05) is 0 Å². The first-order valence-electron chi connectivity index (χ1n) is 24.1. The fraction of sp³-hybridized carbons (Fsp3) is 0. The Morgan fingerprint density at radius 1 is 0.271 bits per heavy atom. The van der Waals surface area contributed by atoms with E-state index in [4.69, 9.17) is 4.42 Å². The van der Waals surface area contributed by atoms with E-state index in [1.54, 1.807) is 0 Å². The lowest BCUT2D eigenvalue weighted by atomic mass is 9.97. The van der Waals surface area contributed by atoms with Crippen LogP contribution in [0.25, 0.3) is 99.2 Å². The standard InChI is InChI=1S/C66H44N2OSi/c1-3-24-51(25-4-1)70(52-26-5-2-6-27-52,65-38-18-33-58-57-32-10-14-37-64(57)69-66(58)65)53-28-17-23-50(44-53)68-62-36-13-9-31-56(62)59-43-48(39-40-63(59)68)46-20-15-19-45(41-46)47-21-16-22-49(42-47)67-60-34-11-7-29-54(60)55-30-8-12-35-61(55)67/h1-44H. The lowest BCUT2D eigenvalue weighted by Gasteiger charge is -2.34. The fourth-order valence-electron chi connectivity index (χ4n) is 11.6. The van der Waals surface area contributed by atoms with Crippen LogP contribution >= 0.6 is 0 Å². The predicted molar refractivity (Wildman–Crippen MR) is 297 cm³/mol. The van der Waals surface area contributed by atoms with Crippen molar-refractivity contribution in [3.05, 3.63) is 267 Å². The van der Waals surface area contributed by atoms with E-state index in [0.717, 1.165) is 33.3 Å². The van der Waals surface area contributed by atoms with Crippen LogP contribution in [0, 0.1) is 0 Å². The molecule has 0 spiro atoms. The molecule has 0 aliphatic carbocycles. The minimum atomic E-state index is -3.05. The van der Waals surface area contributed by atoms with E-state index in [1.165, 1.54) is 86.6 Å². The molecule has 3 heterocycles. The molecular formula is C66H44N2OSi. The van der Waals surface area contributed by atoms with Crippen molar-refractivity contribution in [3.8, 4) is 33.6 Å². The van der Waals surface area contributed by atoms with Gasteiger partial charge >= 0.3 is 0 Å². The number of rotatable bonds is 8. The molecule has 14 aromatic rings. The van der Waals surface area contributed by atoms with Gasteiger partial charge in [-0.25, -0.2) is 0 Å². The van der Waals surface area contributed by atoms with Crippen LogP contribution in [0.2, 0.25) is 0 Å². The third kappa shape index (κ3) is 6.13. The first kappa shape index (κ1) is 40.1. The van der Waals surface area contributed by atoms with Crippen LogP contribution in [0.1, 0.15) is 0 Å². The highest BCUT2D eigenvalue weighted by Gasteiger charge is 2.44. The number of furan rings is 1. The van der Waals surface area contributed by atoms with Crippen molar-refractivity contribution in [1.29, 1.82) is 0 Å². The Bertz CT molecular complexity index is 4220. The molecule has 14 rings (SSSR count). The van der Waals surface area contributed by atoms with Gasteiger partial charge in [-0.3, -0.25) is 0 Å². The average Bonchev–Trinajstić information content (AvgIpc) is 4.10. The Morgan fingerprint density at radius 2 is 0.714 bits per heavy atom. The van der Waals surface area contributed by atoms with Crippen LogP contribution in [0.4, 0.5) is 0 Å². The quantitative estimate of drug-likeness (QED) is 0.110. The van der Waals surface area contributed by atoms with Crippen molar-refractivity contribution in [2.45, 2.75) is 0 Å². The maximum Gasteiger partial charge on any atom is 0.184 e. The van der Waals surface area contributed by atoms with Crippen LogP contribution in [0.5, 0.6) is 0 Å². The van der Waals surface area contributed by atoms with Gasteiger partial charge in [0.05, 0.1) is 22.1 Å². The second kappa shape index (κ2) is 16.1. The SMILES string of the molecule is c1ccc([Si](c2ccccc2)(c2cccc(-n3c4ccccc4c4cc(-c5cccc(-c6cccc(-n7c8ccccc8c8ccccc87)c6)c5)ccc43)c2)c2cccc3c2oc2ccccc23)cc1. The summed E-state index contributed by atoms with van der Waals surface area (Å²) < 4.78 is 11.8. The first-order valence-corrected chi connectivity index (χ1v) is 26.1. The normalized spacial score (nSPS) is 12.0. The molecule has 4 heteroatoms. The molecule has 0 fully saturated rings.